The van der Waals surface area contributed by atoms with E-state index < -0.39 is 37.6 Å². The third-order valence-corrected chi connectivity index (χ3v) is 9.98. The summed E-state index contributed by atoms with van der Waals surface area (Å²) in [5.41, 5.74) is -2.41. The summed E-state index contributed by atoms with van der Waals surface area (Å²) in [5, 5.41) is 15.9. The second kappa shape index (κ2) is 13.9. The third kappa shape index (κ3) is 7.19. The van der Waals surface area contributed by atoms with Crippen molar-refractivity contribution >= 4 is 65.2 Å². The molecule has 2 aliphatic heterocycles. The number of nitrogens with zero attached hydrogens (tertiary/aromatic N) is 3. The SMILES string of the molecule is Cc1ccc(S(=O)(=O)O/N=C2\SC=C\C2=C(\C#N)c2ccccc2C)cc1.O=C1c2cccc3cccc(c23)C(=O)N1OS(=O)(=O)C(F)(F)F. The molecule has 0 atom stereocenters. The number of halogens is 3. The van der Waals surface area contributed by atoms with Gasteiger partial charge in [-0.1, -0.05) is 83.1 Å². The first-order valence-electron chi connectivity index (χ1n) is 14.1. The fourth-order valence-corrected chi connectivity index (χ4v) is 6.63. The van der Waals surface area contributed by atoms with Gasteiger partial charge >= 0.3 is 25.7 Å². The Hall–Kier alpha value is -5.28. The molecular weight excluding hydrogens is 720 g/mol. The van der Waals surface area contributed by atoms with Crippen LogP contribution in [0.5, 0.6) is 0 Å². The molecule has 11 nitrogen and oxygen atoms in total. The lowest BCUT2D eigenvalue weighted by Gasteiger charge is -2.25. The summed E-state index contributed by atoms with van der Waals surface area (Å²) < 4.78 is 92.6. The van der Waals surface area contributed by atoms with Crippen molar-refractivity contribution in [3.63, 3.8) is 0 Å². The number of imide groups is 1. The molecule has 0 unspecified atom stereocenters. The van der Waals surface area contributed by atoms with Crippen molar-refractivity contribution in [2.75, 3.05) is 0 Å². The first kappa shape index (κ1) is 36.0. The smallest absolute Gasteiger partial charge is 0.266 e. The molecule has 0 fully saturated rings. The number of hydrogen-bond donors (Lipinski definition) is 0. The first-order chi connectivity index (χ1) is 23.6. The molecular formula is C33H22F3N3O8S3. The number of oxime groups is 1. The Morgan fingerprint density at radius 2 is 1.46 bits per heavy atom. The molecule has 2 aliphatic rings. The number of carbonyl (C=O) groups is 2. The molecule has 0 radical (unpaired) electrons. The zero-order chi connectivity index (χ0) is 36.4. The number of benzene rings is 4. The lowest BCUT2D eigenvalue weighted by Crippen LogP contribution is -2.44. The van der Waals surface area contributed by atoms with E-state index in [0.29, 0.717) is 21.6 Å². The average molecular weight is 742 g/mol. The number of nitriles is 1. The molecule has 0 spiro atoms. The van der Waals surface area contributed by atoms with Gasteiger partial charge < -0.3 is 0 Å². The van der Waals surface area contributed by atoms with Crippen molar-refractivity contribution in [1.82, 2.24) is 5.06 Å². The summed E-state index contributed by atoms with van der Waals surface area (Å²) in [4.78, 5) is 24.4. The number of amides is 2. The standard InChI is InChI=1S/C20H16N2O3S2.C13H6F3NO5S/c1-14-7-9-16(10-8-14)27(23,24)25-22-20-18(11-12-26-20)19(13-21)17-6-4-3-5-15(17)2;14-13(15,16)23(20,21)22-17-11(18)8-5-1-3-7-4-2-6-9(10(7)8)12(17)19/h3-12H,1-2H3;1-6H/b19-18+,22-20-;. The summed E-state index contributed by atoms with van der Waals surface area (Å²) >= 11 is 1.20. The second-order valence-corrected chi connectivity index (χ2v) is 14.4. The molecule has 4 aromatic carbocycles. The van der Waals surface area contributed by atoms with E-state index >= 15 is 0 Å². The lowest BCUT2D eigenvalue weighted by atomic mass is 9.95. The molecule has 2 heterocycles. The number of alkyl halides is 3. The highest BCUT2D eigenvalue weighted by Crippen LogP contribution is 2.34. The average Bonchev–Trinajstić information content (AvgIpc) is 3.54. The van der Waals surface area contributed by atoms with Crippen LogP contribution in [-0.4, -0.2) is 44.3 Å². The Labute approximate surface area is 288 Å². The first-order valence-corrected chi connectivity index (χ1v) is 17.8. The van der Waals surface area contributed by atoms with Crippen LogP contribution in [0.4, 0.5) is 13.2 Å². The number of carbonyl (C=O) groups excluding carboxylic acids is 2. The van der Waals surface area contributed by atoms with Crippen molar-refractivity contribution in [2.24, 2.45) is 5.16 Å². The number of hydroxylamine groups is 2. The van der Waals surface area contributed by atoms with E-state index in [2.05, 4.69) is 15.5 Å². The van der Waals surface area contributed by atoms with Crippen LogP contribution in [0.2, 0.25) is 0 Å². The maximum Gasteiger partial charge on any atom is 0.525 e. The van der Waals surface area contributed by atoms with Crippen molar-refractivity contribution in [3.8, 4) is 6.07 Å². The highest BCUT2D eigenvalue weighted by molar-refractivity contribution is 8.17. The zero-order valence-electron chi connectivity index (χ0n) is 25.7. The maximum absolute atomic E-state index is 12.4. The molecule has 0 saturated heterocycles. The van der Waals surface area contributed by atoms with Gasteiger partial charge in [-0.05, 0) is 66.1 Å². The summed E-state index contributed by atoms with van der Waals surface area (Å²) in [6.07, 6.45) is 1.73. The molecule has 0 bridgehead atoms. The van der Waals surface area contributed by atoms with E-state index in [1.54, 1.807) is 35.7 Å². The number of aryl methyl sites for hydroxylation is 2. The second-order valence-electron chi connectivity index (χ2n) is 10.5. The molecule has 2 amide bonds. The van der Waals surface area contributed by atoms with E-state index in [1.807, 2.05) is 38.1 Å². The summed E-state index contributed by atoms with van der Waals surface area (Å²) in [7, 11) is -10.2. The van der Waals surface area contributed by atoms with Crippen molar-refractivity contribution in [1.29, 1.82) is 5.26 Å². The van der Waals surface area contributed by atoms with Crippen molar-refractivity contribution in [2.45, 2.75) is 24.3 Å². The van der Waals surface area contributed by atoms with Gasteiger partial charge in [0.15, 0.2) is 0 Å². The van der Waals surface area contributed by atoms with Gasteiger partial charge in [0, 0.05) is 11.0 Å². The van der Waals surface area contributed by atoms with Crippen molar-refractivity contribution in [3.05, 3.63) is 130 Å². The highest BCUT2D eigenvalue weighted by atomic mass is 32.2. The normalized spacial score (nSPS) is 16.2. The largest absolute Gasteiger partial charge is 0.525 e. The highest BCUT2D eigenvalue weighted by Gasteiger charge is 2.51. The van der Waals surface area contributed by atoms with Gasteiger partial charge in [0.25, 0.3) is 11.8 Å². The number of hydrogen-bond acceptors (Lipinski definition) is 11. The van der Waals surface area contributed by atoms with Crippen LogP contribution in [0, 0.1) is 25.2 Å². The molecule has 17 heteroatoms. The Bertz CT molecular complexity index is 2350. The minimum atomic E-state index is -6.15. The van der Waals surface area contributed by atoms with Crippen molar-refractivity contribution < 1.29 is 48.2 Å². The molecule has 6 rings (SSSR count). The van der Waals surface area contributed by atoms with E-state index in [-0.39, 0.29) is 26.5 Å². The fraction of sp³-hybridized carbons (Fsp3) is 0.0909. The van der Waals surface area contributed by atoms with Gasteiger partial charge in [0.1, 0.15) is 16.0 Å². The molecule has 256 valence electrons. The summed E-state index contributed by atoms with van der Waals surface area (Å²) in [6, 6.07) is 24.6. The molecule has 0 aromatic heterocycles. The van der Waals surface area contributed by atoms with Crippen LogP contribution in [-0.2, 0) is 28.8 Å². The van der Waals surface area contributed by atoms with Gasteiger partial charge in [-0.2, -0.15) is 35.3 Å². The summed E-state index contributed by atoms with van der Waals surface area (Å²) in [6.45, 7) is 3.78. The van der Waals surface area contributed by atoms with Crippen LogP contribution in [0.15, 0.2) is 112 Å². The molecule has 0 N–H and O–H groups in total. The zero-order valence-corrected chi connectivity index (χ0v) is 28.2. The van der Waals surface area contributed by atoms with Gasteiger partial charge in [0.05, 0.1) is 16.7 Å². The molecule has 50 heavy (non-hydrogen) atoms. The summed E-state index contributed by atoms with van der Waals surface area (Å²) in [5.74, 6) is -2.57. The van der Waals surface area contributed by atoms with Gasteiger partial charge in [-0.25, -0.2) is 0 Å². The number of allylic oxidation sites excluding steroid dienone is 2. The molecule has 0 saturated carbocycles. The Morgan fingerprint density at radius 3 is 2.02 bits per heavy atom. The van der Waals surface area contributed by atoms with Gasteiger partial charge in [-0.3, -0.25) is 13.9 Å². The van der Waals surface area contributed by atoms with E-state index in [9.17, 15) is 44.9 Å². The third-order valence-electron chi connectivity index (χ3n) is 7.16. The predicted octanol–water partition coefficient (Wildman–Crippen LogP) is 6.78. The topological polar surface area (TPSA) is 160 Å². The van der Waals surface area contributed by atoms with Crippen LogP contribution >= 0.6 is 11.8 Å². The fourth-order valence-electron chi connectivity index (χ4n) is 4.73. The molecule has 4 aromatic rings. The minimum Gasteiger partial charge on any atom is -0.266 e. The van der Waals surface area contributed by atoms with Gasteiger partial charge in [0.2, 0.25) is 0 Å². The monoisotopic (exact) mass is 741 g/mol. The van der Waals surface area contributed by atoms with E-state index in [0.717, 1.165) is 16.7 Å². The van der Waals surface area contributed by atoms with Gasteiger partial charge in [-0.15, -0.1) is 9.35 Å². The minimum absolute atomic E-state index is 0.0262. The number of thioether (sulfide) groups is 1. The van der Waals surface area contributed by atoms with E-state index in [1.165, 1.54) is 48.2 Å². The quantitative estimate of drug-likeness (QED) is 0.0892. The lowest BCUT2D eigenvalue weighted by molar-refractivity contribution is -0.0761. The molecule has 0 aliphatic carbocycles. The van der Waals surface area contributed by atoms with Crippen LogP contribution in [0.25, 0.3) is 16.3 Å². The number of rotatable bonds is 6. The van der Waals surface area contributed by atoms with Crippen LogP contribution in [0.1, 0.15) is 37.4 Å². The van der Waals surface area contributed by atoms with Crippen LogP contribution < -0.4 is 0 Å². The Balaban J connectivity index is 0.000000197. The maximum atomic E-state index is 12.4. The predicted molar refractivity (Wildman–Crippen MR) is 178 cm³/mol. The van der Waals surface area contributed by atoms with E-state index in [4.69, 9.17) is 4.28 Å². The van der Waals surface area contributed by atoms with Crippen LogP contribution in [0.3, 0.4) is 0 Å². The Kier molecular flexibility index (Phi) is 10.0. The Morgan fingerprint density at radius 1 is 0.860 bits per heavy atom.